The summed E-state index contributed by atoms with van der Waals surface area (Å²) in [6, 6.07) is 2.86. The van der Waals surface area contributed by atoms with Gasteiger partial charge in [-0.05, 0) is 25.3 Å². The van der Waals surface area contributed by atoms with E-state index in [0.717, 1.165) is 13.0 Å². The Hall–Kier alpha value is -1.02. The molecular weight excluding hydrogens is 387 g/mol. The van der Waals surface area contributed by atoms with Gasteiger partial charge in [-0.1, -0.05) is 23.2 Å². The van der Waals surface area contributed by atoms with E-state index in [9.17, 15) is 13.2 Å². The average molecular weight is 407 g/mol. The molecule has 0 saturated carbocycles. The summed E-state index contributed by atoms with van der Waals surface area (Å²) >= 11 is 12.2. The highest BCUT2D eigenvalue weighted by Gasteiger charge is 2.35. The molecule has 1 aromatic carbocycles. The van der Waals surface area contributed by atoms with E-state index in [1.807, 2.05) is 4.90 Å². The number of benzene rings is 1. The Balaban J connectivity index is 1.76. The van der Waals surface area contributed by atoms with Crippen molar-refractivity contribution < 1.29 is 17.9 Å². The number of amides is 1. The SMILES string of the molecule is COc1cc(Cl)c(S(=O)(=O)N2CCC(N3CCCC3=O)CC2)cc1Cl. The highest BCUT2D eigenvalue weighted by atomic mass is 35.5. The minimum atomic E-state index is -3.74. The quantitative estimate of drug-likeness (QED) is 0.770. The Labute approximate surface area is 157 Å². The van der Waals surface area contributed by atoms with Crippen molar-refractivity contribution in [2.45, 2.75) is 36.6 Å². The minimum absolute atomic E-state index is 0.0179. The summed E-state index contributed by atoms with van der Waals surface area (Å²) in [7, 11) is -2.30. The van der Waals surface area contributed by atoms with E-state index in [4.69, 9.17) is 27.9 Å². The van der Waals surface area contributed by atoms with Crippen molar-refractivity contribution in [2.24, 2.45) is 0 Å². The summed E-state index contributed by atoms with van der Waals surface area (Å²) in [5, 5.41) is 0.279. The van der Waals surface area contributed by atoms with Crippen LogP contribution in [0.3, 0.4) is 0 Å². The van der Waals surface area contributed by atoms with E-state index < -0.39 is 10.0 Å². The molecule has 3 rings (SSSR count). The predicted molar refractivity (Wildman–Crippen MR) is 95.7 cm³/mol. The van der Waals surface area contributed by atoms with Gasteiger partial charge in [0.15, 0.2) is 0 Å². The molecule has 1 aromatic rings. The molecule has 0 atom stereocenters. The molecule has 0 unspecified atom stereocenters. The molecule has 25 heavy (non-hydrogen) atoms. The first-order chi connectivity index (χ1) is 11.8. The first-order valence-electron chi connectivity index (χ1n) is 8.17. The summed E-state index contributed by atoms with van der Waals surface area (Å²) in [6.07, 6.45) is 2.74. The maximum Gasteiger partial charge on any atom is 0.244 e. The summed E-state index contributed by atoms with van der Waals surface area (Å²) in [4.78, 5) is 13.7. The van der Waals surface area contributed by atoms with E-state index in [0.29, 0.717) is 38.1 Å². The molecule has 2 saturated heterocycles. The van der Waals surface area contributed by atoms with Crippen LogP contribution in [0.4, 0.5) is 0 Å². The molecule has 2 aliphatic rings. The molecule has 0 N–H and O–H groups in total. The zero-order chi connectivity index (χ0) is 18.2. The maximum absolute atomic E-state index is 12.9. The van der Waals surface area contributed by atoms with Crippen molar-refractivity contribution in [1.82, 2.24) is 9.21 Å². The second kappa shape index (κ2) is 7.31. The topological polar surface area (TPSA) is 66.9 Å². The van der Waals surface area contributed by atoms with Crippen LogP contribution >= 0.6 is 23.2 Å². The fourth-order valence-corrected chi connectivity index (χ4v) is 5.75. The lowest BCUT2D eigenvalue weighted by molar-refractivity contribution is -0.130. The normalized spacial score (nSPS) is 20.3. The lowest BCUT2D eigenvalue weighted by Gasteiger charge is -2.36. The maximum atomic E-state index is 12.9. The van der Waals surface area contributed by atoms with E-state index >= 15 is 0 Å². The zero-order valence-corrected chi connectivity index (χ0v) is 16.2. The highest BCUT2D eigenvalue weighted by molar-refractivity contribution is 7.89. The monoisotopic (exact) mass is 406 g/mol. The Morgan fingerprint density at radius 3 is 2.36 bits per heavy atom. The third-order valence-electron chi connectivity index (χ3n) is 4.80. The van der Waals surface area contributed by atoms with Crippen molar-refractivity contribution in [2.75, 3.05) is 26.7 Å². The summed E-state index contributed by atoms with van der Waals surface area (Å²) in [5.74, 6) is 0.503. The fraction of sp³-hybridized carbons (Fsp3) is 0.562. The second-order valence-electron chi connectivity index (χ2n) is 6.24. The van der Waals surface area contributed by atoms with Crippen LogP contribution in [0, 0.1) is 0 Å². The Morgan fingerprint density at radius 1 is 1.12 bits per heavy atom. The number of halogens is 2. The number of nitrogens with zero attached hydrogens (tertiary/aromatic N) is 2. The van der Waals surface area contributed by atoms with Crippen LogP contribution in [0.2, 0.25) is 10.0 Å². The van der Waals surface area contributed by atoms with E-state index in [-0.39, 0.29) is 26.9 Å². The van der Waals surface area contributed by atoms with Crippen molar-refractivity contribution in [3.63, 3.8) is 0 Å². The summed E-state index contributed by atoms with van der Waals surface area (Å²) in [6.45, 7) is 1.49. The van der Waals surface area contributed by atoms with Gasteiger partial charge in [0.2, 0.25) is 15.9 Å². The van der Waals surface area contributed by atoms with Gasteiger partial charge in [0.05, 0.1) is 17.2 Å². The van der Waals surface area contributed by atoms with E-state index in [2.05, 4.69) is 0 Å². The number of hydrogen-bond acceptors (Lipinski definition) is 4. The molecule has 6 nitrogen and oxygen atoms in total. The fourth-order valence-electron chi connectivity index (χ4n) is 3.45. The summed E-state index contributed by atoms with van der Waals surface area (Å²) in [5.41, 5.74) is 0. The number of carbonyl (C=O) groups is 1. The van der Waals surface area contributed by atoms with Crippen LogP contribution in [-0.4, -0.2) is 56.3 Å². The van der Waals surface area contributed by atoms with Crippen molar-refractivity contribution >= 4 is 39.1 Å². The molecule has 9 heteroatoms. The number of methoxy groups -OCH3 is 1. The van der Waals surface area contributed by atoms with Gasteiger partial charge < -0.3 is 9.64 Å². The molecule has 138 valence electrons. The number of likely N-dealkylation sites (tertiary alicyclic amines) is 1. The largest absolute Gasteiger partial charge is 0.495 e. The van der Waals surface area contributed by atoms with Crippen LogP contribution in [0.5, 0.6) is 5.75 Å². The van der Waals surface area contributed by atoms with Gasteiger partial charge in [0.25, 0.3) is 0 Å². The molecule has 2 fully saturated rings. The number of sulfonamides is 1. The molecule has 0 spiro atoms. The molecule has 0 aromatic heterocycles. The zero-order valence-electron chi connectivity index (χ0n) is 13.9. The second-order valence-corrected chi connectivity index (χ2v) is 8.96. The van der Waals surface area contributed by atoms with Crippen LogP contribution in [0.15, 0.2) is 17.0 Å². The Bertz CT molecular complexity index is 777. The molecule has 2 heterocycles. The van der Waals surface area contributed by atoms with E-state index in [1.54, 1.807) is 0 Å². The number of carbonyl (C=O) groups excluding carboxylic acids is 1. The lowest BCUT2D eigenvalue weighted by atomic mass is 10.1. The van der Waals surface area contributed by atoms with Gasteiger partial charge in [-0.3, -0.25) is 4.79 Å². The number of rotatable bonds is 4. The predicted octanol–water partition coefficient (Wildman–Crippen LogP) is 2.78. The minimum Gasteiger partial charge on any atom is -0.495 e. The van der Waals surface area contributed by atoms with Crippen molar-refractivity contribution in [3.8, 4) is 5.75 Å². The molecule has 0 radical (unpaired) electrons. The first kappa shape index (κ1) is 18.8. The molecule has 0 aliphatic carbocycles. The average Bonchev–Trinajstić information content (AvgIpc) is 3.02. The molecule has 0 bridgehead atoms. The molecule has 1 amide bonds. The summed E-state index contributed by atoms with van der Waals surface area (Å²) < 4.78 is 32.3. The van der Waals surface area contributed by atoms with E-state index in [1.165, 1.54) is 23.5 Å². The molecular formula is C16H20Cl2N2O4S. The number of hydrogen-bond donors (Lipinski definition) is 0. The van der Waals surface area contributed by atoms with Gasteiger partial charge in [0.1, 0.15) is 10.6 Å². The van der Waals surface area contributed by atoms with Gasteiger partial charge in [-0.2, -0.15) is 4.31 Å². The van der Waals surface area contributed by atoms with Crippen molar-refractivity contribution in [3.05, 3.63) is 22.2 Å². The lowest BCUT2D eigenvalue weighted by Crippen LogP contribution is -2.47. The standard InChI is InChI=1S/C16H20Cl2N2O4S/c1-24-14-9-13(18)15(10-12(14)17)25(22,23)19-7-4-11(5-8-19)20-6-2-3-16(20)21/h9-11H,2-8H2,1H3. The highest BCUT2D eigenvalue weighted by Crippen LogP contribution is 2.35. The molecule has 2 aliphatic heterocycles. The number of piperidine rings is 1. The van der Waals surface area contributed by atoms with Gasteiger partial charge in [-0.15, -0.1) is 0 Å². The smallest absolute Gasteiger partial charge is 0.244 e. The Kier molecular flexibility index (Phi) is 5.48. The Morgan fingerprint density at radius 2 is 1.80 bits per heavy atom. The third kappa shape index (κ3) is 3.60. The van der Waals surface area contributed by atoms with Gasteiger partial charge in [0, 0.05) is 38.2 Å². The third-order valence-corrected chi connectivity index (χ3v) is 7.46. The van der Waals surface area contributed by atoms with Crippen LogP contribution in [-0.2, 0) is 14.8 Å². The van der Waals surface area contributed by atoms with Gasteiger partial charge >= 0.3 is 0 Å². The van der Waals surface area contributed by atoms with Crippen molar-refractivity contribution in [1.29, 1.82) is 0 Å². The number of ether oxygens (including phenoxy) is 1. The van der Waals surface area contributed by atoms with Crippen LogP contribution in [0.1, 0.15) is 25.7 Å². The first-order valence-corrected chi connectivity index (χ1v) is 10.4. The van der Waals surface area contributed by atoms with Gasteiger partial charge in [-0.25, -0.2) is 8.42 Å². The van der Waals surface area contributed by atoms with Crippen LogP contribution in [0.25, 0.3) is 0 Å². The van der Waals surface area contributed by atoms with Crippen LogP contribution < -0.4 is 4.74 Å².